The predicted octanol–water partition coefficient (Wildman–Crippen LogP) is 2.71. The lowest BCUT2D eigenvalue weighted by atomic mass is 10.00. The molecule has 0 radical (unpaired) electrons. The molecule has 15 heavy (non-hydrogen) atoms. The number of hydrogen-bond acceptors (Lipinski definition) is 2. The summed E-state index contributed by atoms with van der Waals surface area (Å²) in [5, 5.41) is 0. The molecule has 1 unspecified atom stereocenters. The van der Waals surface area contributed by atoms with Gasteiger partial charge in [0.05, 0.1) is 11.7 Å². The zero-order chi connectivity index (χ0) is 10.1. The van der Waals surface area contributed by atoms with Crippen molar-refractivity contribution in [2.45, 2.75) is 6.04 Å². The Hall–Kier alpha value is -1.80. The van der Waals surface area contributed by atoms with Crippen LogP contribution < -0.4 is 10.9 Å². The van der Waals surface area contributed by atoms with E-state index in [0.717, 1.165) is 0 Å². The SMILES string of the molecule is c1ccc(C2NNc3ccccc32)cc1. The molecule has 2 heteroatoms. The summed E-state index contributed by atoms with van der Waals surface area (Å²) in [6, 6.07) is 19.1. The van der Waals surface area contributed by atoms with Gasteiger partial charge in [0.15, 0.2) is 0 Å². The molecule has 0 aromatic heterocycles. The molecular formula is C13H12N2. The summed E-state index contributed by atoms with van der Waals surface area (Å²) in [6.07, 6.45) is 0. The lowest BCUT2D eigenvalue weighted by Crippen LogP contribution is -2.19. The molecule has 1 aliphatic heterocycles. The molecule has 2 aromatic carbocycles. The summed E-state index contributed by atoms with van der Waals surface area (Å²) in [7, 11) is 0. The Morgan fingerprint density at radius 1 is 0.800 bits per heavy atom. The highest BCUT2D eigenvalue weighted by atomic mass is 15.4. The van der Waals surface area contributed by atoms with Gasteiger partial charge in [-0.2, -0.15) is 0 Å². The number of benzene rings is 2. The second kappa shape index (κ2) is 3.41. The first-order valence-corrected chi connectivity index (χ1v) is 5.10. The van der Waals surface area contributed by atoms with Crippen LogP contribution in [0.5, 0.6) is 0 Å². The summed E-state index contributed by atoms with van der Waals surface area (Å²) in [5.41, 5.74) is 10.3. The maximum atomic E-state index is 3.29. The fourth-order valence-electron chi connectivity index (χ4n) is 2.00. The summed E-state index contributed by atoms with van der Waals surface area (Å²) in [5.74, 6) is 0. The van der Waals surface area contributed by atoms with Gasteiger partial charge in [-0.15, -0.1) is 0 Å². The van der Waals surface area contributed by atoms with Crippen LogP contribution in [0.15, 0.2) is 54.6 Å². The normalized spacial score (nSPS) is 18.3. The first kappa shape index (κ1) is 8.50. The van der Waals surface area contributed by atoms with Crippen molar-refractivity contribution in [1.29, 1.82) is 0 Å². The van der Waals surface area contributed by atoms with Gasteiger partial charge in [-0.05, 0) is 17.2 Å². The van der Waals surface area contributed by atoms with Crippen LogP contribution in [-0.4, -0.2) is 0 Å². The van der Waals surface area contributed by atoms with E-state index >= 15 is 0 Å². The summed E-state index contributed by atoms with van der Waals surface area (Å²) in [6.45, 7) is 0. The summed E-state index contributed by atoms with van der Waals surface area (Å²) < 4.78 is 0. The Bertz CT molecular complexity index is 465. The Labute approximate surface area is 88.9 Å². The second-order valence-corrected chi connectivity index (χ2v) is 3.70. The van der Waals surface area contributed by atoms with Gasteiger partial charge in [-0.25, -0.2) is 5.43 Å². The zero-order valence-corrected chi connectivity index (χ0v) is 8.27. The monoisotopic (exact) mass is 196 g/mol. The lowest BCUT2D eigenvalue weighted by molar-refractivity contribution is 0.729. The molecule has 1 aliphatic rings. The smallest absolute Gasteiger partial charge is 0.0780 e. The number of hydrazine groups is 1. The van der Waals surface area contributed by atoms with Crippen molar-refractivity contribution in [2.24, 2.45) is 0 Å². The maximum absolute atomic E-state index is 3.29. The molecule has 2 N–H and O–H groups in total. The third-order valence-corrected chi connectivity index (χ3v) is 2.76. The third-order valence-electron chi connectivity index (χ3n) is 2.76. The van der Waals surface area contributed by atoms with Crippen molar-refractivity contribution in [3.8, 4) is 0 Å². The van der Waals surface area contributed by atoms with Crippen LogP contribution >= 0.6 is 0 Å². The van der Waals surface area contributed by atoms with Gasteiger partial charge in [0.1, 0.15) is 0 Å². The topological polar surface area (TPSA) is 24.1 Å². The third kappa shape index (κ3) is 1.39. The van der Waals surface area contributed by atoms with Gasteiger partial charge in [0, 0.05) is 0 Å². The number of nitrogens with one attached hydrogen (secondary N) is 2. The number of para-hydroxylation sites is 1. The molecule has 0 spiro atoms. The highest BCUT2D eigenvalue weighted by molar-refractivity contribution is 5.58. The van der Waals surface area contributed by atoms with Gasteiger partial charge in [-0.3, -0.25) is 0 Å². The van der Waals surface area contributed by atoms with Crippen LogP contribution in [0.3, 0.4) is 0 Å². The quantitative estimate of drug-likeness (QED) is 0.732. The zero-order valence-electron chi connectivity index (χ0n) is 8.27. The number of rotatable bonds is 1. The van der Waals surface area contributed by atoms with Gasteiger partial charge < -0.3 is 5.43 Å². The highest BCUT2D eigenvalue weighted by Gasteiger charge is 2.21. The van der Waals surface area contributed by atoms with Crippen molar-refractivity contribution in [2.75, 3.05) is 5.43 Å². The minimum Gasteiger partial charge on any atom is -0.320 e. The molecule has 2 nitrogen and oxygen atoms in total. The van der Waals surface area contributed by atoms with E-state index in [0.29, 0.717) is 0 Å². The Morgan fingerprint density at radius 3 is 2.40 bits per heavy atom. The van der Waals surface area contributed by atoms with Crippen LogP contribution in [0.4, 0.5) is 5.69 Å². The molecule has 2 aromatic rings. The van der Waals surface area contributed by atoms with E-state index in [2.05, 4.69) is 53.3 Å². The van der Waals surface area contributed by atoms with E-state index in [4.69, 9.17) is 0 Å². The molecule has 0 aliphatic carbocycles. The molecule has 74 valence electrons. The fourth-order valence-corrected chi connectivity index (χ4v) is 2.00. The van der Waals surface area contributed by atoms with Crippen molar-refractivity contribution in [3.63, 3.8) is 0 Å². The average molecular weight is 196 g/mol. The molecule has 0 fully saturated rings. The van der Waals surface area contributed by atoms with Crippen molar-refractivity contribution in [3.05, 3.63) is 65.7 Å². The molecular weight excluding hydrogens is 184 g/mol. The molecule has 3 rings (SSSR count). The first-order valence-electron chi connectivity index (χ1n) is 5.10. The lowest BCUT2D eigenvalue weighted by Gasteiger charge is -2.10. The molecule has 0 saturated carbocycles. The van der Waals surface area contributed by atoms with Gasteiger partial charge in [0.25, 0.3) is 0 Å². The van der Waals surface area contributed by atoms with Crippen LogP contribution in [0.2, 0.25) is 0 Å². The molecule has 1 heterocycles. The van der Waals surface area contributed by atoms with E-state index in [1.807, 2.05) is 12.1 Å². The standard InChI is InChI=1S/C13H12N2/c1-2-6-10(7-3-1)13-11-8-4-5-9-12(11)14-15-13/h1-9,13-15H. The van der Waals surface area contributed by atoms with E-state index in [1.54, 1.807) is 0 Å². The van der Waals surface area contributed by atoms with Crippen molar-refractivity contribution in [1.82, 2.24) is 5.43 Å². The van der Waals surface area contributed by atoms with Gasteiger partial charge >= 0.3 is 0 Å². The van der Waals surface area contributed by atoms with E-state index in [1.165, 1.54) is 16.8 Å². The molecule has 0 bridgehead atoms. The maximum Gasteiger partial charge on any atom is 0.0780 e. The van der Waals surface area contributed by atoms with Crippen molar-refractivity contribution >= 4 is 5.69 Å². The average Bonchev–Trinajstić information content (AvgIpc) is 2.74. The molecule has 0 saturated heterocycles. The first-order chi connectivity index (χ1) is 7.45. The molecule has 0 amide bonds. The number of anilines is 1. The Morgan fingerprint density at radius 2 is 1.53 bits per heavy atom. The van der Waals surface area contributed by atoms with Gasteiger partial charge in [0.2, 0.25) is 0 Å². The Balaban J connectivity index is 2.05. The van der Waals surface area contributed by atoms with Crippen LogP contribution in [0.25, 0.3) is 0 Å². The van der Waals surface area contributed by atoms with E-state index in [9.17, 15) is 0 Å². The minimum atomic E-state index is 0.266. The summed E-state index contributed by atoms with van der Waals surface area (Å²) in [4.78, 5) is 0. The van der Waals surface area contributed by atoms with Crippen molar-refractivity contribution < 1.29 is 0 Å². The van der Waals surface area contributed by atoms with Crippen LogP contribution in [0, 0.1) is 0 Å². The fraction of sp³-hybridized carbons (Fsp3) is 0.0769. The van der Waals surface area contributed by atoms with Crippen LogP contribution in [0.1, 0.15) is 17.2 Å². The Kier molecular flexibility index (Phi) is 1.93. The largest absolute Gasteiger partial charge is 0.320 e. The number of fused-ring (bicyclic) bond motifs is 1. The second-order valence-electron chi connectivity index (χ2n) is 3.70. The number of hydrogen-bond donors (Lipinski definition) is 2. The summed E-state index contributed by atoms with van der Waals surface area (Å²) >= 11 is 0. The minimum absolute atomic E-state index is 0.266. The van der Waals surface area contributed by atoms with Crippen LogP contribution in [-0.2, 0) is 0 Å². The van der Waals surface area contributed by atoms with E-state index < -0.39 is 0 Å². The van der Waals surface area contributed by atoms with Gasteiger partial charge in [-0.1, -0.05) is 48.5 Å². The predicted molar refractivity (Wildman–Crippen MR) is 61.5 cm³/mol. The molecule has 1 atom stereocenters. The van der Waals surface area contributed by atoms with E-state index in [-0.39, 0.29) is 6.04 Å². The highest BCUT2D eigenvalue weighted by Crippen LogP contribution is 2.32.